The second-order valence-electron chi connectivity index (χ2n) is 15.0. The van der Waals surface area contributed by atoms with E-state index < -0.39 is 0 Å². The first-order chi connectivity index (χ1) is 27.1. The number of hydrogen-bond donors (Lipinski definition) is 0. The average molecular weight is 705 g/mol. The predicted octanol–water partition coefficient (Wildman–Crippen LogP) is 13.7. The van der Waals surface area contributed by atoms with Crippen LogP contribution in [-0.2, 0) is 5.41 Å². The summed E-state index contributed by atoms with van der Waals surface area (Å²) in [5, 5.41) is 3.39. The number of anilines is 6. The molecule has 0 unspecified atom stereocenters. The Bertz CT molecular complexity index is 2950. The molecule has 2 aliphatic rings. The lowest BCUT2D eigenvalue weighted by molar-refractivity contribution is 0.660. The normalized spacial score (nSPS) is 13.4. The van der Waals surface area contributed by atoms with Gasteiger partial charge in [-0.1, -0.05) is 129 Å². The van der Waals surface area contributed by atoms with Crippen LogP contribution >= 0.6 is 0 Å². The molecular weight excluding hydrogens is 669 g/mol. The summed E-state index contributed by atoms with van der Waals surface area (Å²) in [7, 11) is 0. The molecule has 55 heavy (non-hydrogen) atoms. The number of nitrogens with zero attached hydrogens (tertiary/aromatic N) is 4. The van der Waals surface area contributed by atoms with Crippen molar-refractivity contribution in [2.75, 3.05) is 9.80 Å². The van der Waals surface area contributed by atoms with Crippen LogP contribution in [0.3, 0.4) is 0 Å². The predicted molar refractivity (Wildman–Crippen MR) is 228 cm³/mol. The van der Waals surface area contributed by atoms with Gasteiger partial charge in [-0.3, -0.25) is 9.88 Å². The summed E-state index contributed by atoms with van der Waals surface area (Å²) in [6, 6.07) is 63.3. The van der Waals surface area contributed by atoms with E-state index in [0.717, 1.165) is 67.2 Å². The SMILES string of the molecule is CC1(C)c2ccccc2-c2c(N(c3ccccc3)c3ccc(-c4ccc(N5c6ccccc6-c6nccc7c6c5nc5ccccc57)cc4)cc3)cccc21. The van der Waals surface area contributed by atoms with E-state index in [9.17, 15) is 0 Å². The summed E-state index contributed by atoms with van der Waals surface area (Å²) < 4.78 is 0. The highest BCUT2D eigenvalue weighted by atomic mass is 15.2. The third kappa shape index (κ3) is 4.71. The van der Waals surface area contributed by atoms with Crippen molar-refractivity contribution in [2.24, 2.45) is 0 Å². The summed E-state index contributed by atoms with van der Waals surface area (Å²) in [6.07, 6.45) is 1.92. The second kappa shape index (κ2) is 12.0. The molecule has 9 aromatic rings. The van der Waals surface area contributed by atoms with Gasteiger partial charge < -0.3 is 4.90 Å². The number of aromatic nitrogens is 2. The van der Waals surface area contributed by atoms with Crippen molar-refractivity contribution in [3.05, 3.63) is 193 Å². The van der Waals surface area contributed by atoms with Crippen molar-refractivity contribution in [2.45, 2.75) is 19.3 Å². The van der Waals surface area contributed by atoms with Gasteiger partial charge >= 0.3 is 0 Å². The van der Waals surface area contributed by atoms with Crippen LogP contribution in [0.25, 0.3) is 55.2 Å². The standard InChI is InChI=1S/C51H36N4/c1-51(2)42-18-9-6-16-40(42)47-43(51)19-12-22-46(47)54(35-13-4-3-5-14-35)36-27-23-33(24-28-36)34-25-29-37(30-26-34)55-45-21-11-8-17-41(45)49-48-39(31-32-52-49)38-15-7-10-20-44(38)53-50(48)55/h3-32H,1-2H3. The number of fused-ring (bicyclic) bond motifs is 7. The first-order valence-corrected chi connectivity index (χ1v) is 18.9. The van der Waals surface area contributed by atoms with E-state index in [1.165, 1.54) is 33.3 Å². The number of hydrogen-bond acceptors (Lipinski definition) is 4. The fourth-order valence-corrected chi connectivity index (χ4v) is 9.02. The van der Waals surface area contributed by atoms with Crippen LogP contribution in [-0.4, -0.2) is 9.97 Å². The van der Waals surface area contributed by atoms with Crippen molar-refractivity contribution in [1.82, 2.24) is 9.97 Å². The molecule has 4 nitrogen and oxygen atoms in total. The van der Waals surface area contributed by atoms with Crippen molar-refractivity contribution in [1.29, 1.82) is 0 Å². The zero-order valence-corrected chi connectivity index (χ0v) is 30.6. The Kier molecular flexibility index (Phi) is 6.86. The summed E-state index contributed by atoms with van der Waals surface area (Å²) in [5.74, 6) is 0.909. The lowest BCUT2D eigenvalue weighted by Crippen LogP contribution is -2.17. The van der Waals surface area contributed by atoms with E-state index in [1.807, 2.05) is 6.20 Å². The minimum atomic E-state index is -0.0762. The molecule has 0 saturated carbocycles. The maximum atomic E-state index is 5.27. The lowest BCUT2D eigenvalue weighted by atomic mass is 9.82. The van der Waals surface area contributed by atoms with Crippen molar-refractivity contribution in [3.8, 4) is 33.5 Å². The van der Waals surface area contributed by atoms with Gasteiger partial charge in [0.25, 0.3) is 0 Å². The second-order valence-corrected chi connectivity index (χ2v) is 15.0. The highest BCUT2D eigenvalue weighted by molar-refractivity contribution is 6.19. The molecule has 0 N–H and O–H groups in total. The van der Waals surface area contributed by atoms with Gasteiger partial charge in [0.2, 0.25) is 0 Å². The van der Waals surface area contributed by atoms with Gasteiger partial charge in [0.15, 0.2) is 0 Å². The van der Waals surface area contributed by atoms with Gasteiger partial charge in [0.1, 0.15) is 5.82 Å². The lowest BCUT2D eigenvalue weighted by Gasteiger charge is -2.32. The molecule has 0 spiro atoms. The fourth-order valence-electron chi connectivity index (χ4n) is 9.02. The van der Waals surface area contributed by atoms with Crippen LogP contribution in [0, 0.1) is 0 Å². The van der Waals surface area contributed by atoms with Gasteiger partial charge in [-0.15, -0.1) is 0 Å². The number of para-hydroxylation sites is 3. The van der Waals surface area contributed by atoms with Crippen LogP contribution in [0.15, 0.2) is 182 Å². The Balaban J connectivity index is 0.991. The van der Waals surface area contributed by atoms with E-state index in [0.29, 0.717) is 0 Å². The molecule has 0 saturated heterocycles. The van der Waals surface area contributed by atoms with Crippen LogP contribution in [0.1, 0.15) is 25.0 Å². The highest BCUT2D eigenvalue weighted by Crippen LogP contribution is 2.54. The van der Waals surface area contributed by atoms with E-state index in [2.05, 4.69) is 200 Å². The molecule has 0 radical (unpaired) electrons. The van der Waals surface area contributed by atoms with Crippen molar-refractivity contribution in [3.63, 3.8) is 0 Å². The smallest absolute Gasteiger partial charge is 0.148 e. The largest absolute Gasteiger partial charge is 0.310 e. The number of benzene rings is 7. The van der Waals surface area contributed by atoms with Gasteiger partial charge in [-0.05, 0) is 93.9 Å². The maximum Gasteiger partial charge on any atom is 0.148 e. The Labute approximate surface area is 320 Å². The van der Waals surface area contributed by atoms with Crippen LogP contribution < -0.4 is 9.80 Å². The first-order valence-electron chi connectivity index (χ1n) is 18.9. The minimum Gasteiger partial charge on any atom is -0.310 e. The molecule has 0 amide bonds. The van der Waals surface area contributed by atoms with E-state index in [-0.39, 0.29) is 5.41 Å². The Morgan fingerprint density at radius 1 is 0.527 bits per heavy atom. The van der Waals surface area contributed by atoms with Crippen molar-refractivity contribution >= 4 is 55.9 Å². The van der Waals surface area contributed by atoms with Crippen LogP contribution in [0.2, 0.25) is 0 Å². The average Bonchev–Trinajstić information content (AvgIpc) is 3.48. The molecule has 11 rings (SSSR count). The first kappa shape index (κ1) is 31.5. The summed E-state index contributed by atoms with van der Waals surface area (Å²) >= 11 is 0. The molecule has 0 bridgehead atoms. The quantitative estimate of drug-likeness (QED) is 0.167. The van der Waals surface area contributed by atoms with Crippen LogP contribution in [0.4, 0.5) is 34.3 Å². The third-order valence-corrected chi connectivity index (χ3v) is 11.6. The third-order valence-electron chi connectivity index (χ3n) is 11.6. The van der Waals surface area contributed by atoms with Gasteiger partial charge in [0.05, 0.1) is 28.0 Å². The molecule has 4 heteroatoms. The Hall–Kier alpha value is -7.04. The van der Waals surface area contributed by atoms with E-state index in [1.54, 1.807) is 0 Å². The molecular formula is C51H36N4. The molecule has 2 aromatic heterocycles. The topological polar surface area (TPSA) is 32.3 Å². The molecule has 3 heterocycles. The monoisotopic (exact) mass is 704 g/mol. The molecule has 260 valence electrons. The Morgan fingerprint density at radius 2 is 1.18 bits per heavy atom. The summed E-state index contributed by atoms with van der Waals surface area (Å²) in [5.41, 5.74) is 16.2. The number of rotatable bonds is 5. The molecule has 1 aliphatic heterocycles. The Morgan fingerprint density at radius 3 is 2.00 bits per heavy atom. The molecule has 7 aromatic carbocycles. The van der Waals surface area contributed by atoms with Crippen molar-refractivity contribution < 1.29 is 0 Å². The summed E-state index contributed by atoms with van der Waals surface area (Å²) in [6.45, 7) is 4.68. The minimum absolute atomic E-state index is 0.0762. The van der Waals surface area contributed by atoms with Gasteiger partial charge in [-0.2, -0.15) is 0 Å². The van der Waals surface area contributed by atoms with E-state index in [4.69, 9.17) is 9.97 Å². The van der Waals surface area contributed by atoms with Crippen LogP contribution in [0.5, 0.6) is 0 Å². The van der Waals surface area contributed by atoms with E-state index >= 15 is 0 Å². The zero-order valence-electron chi connectivity index (χ0n) is 30.6. The molecule has 0 atom stereocenters. The molecule has 0 fully saturated rings. The van der Waals surface area contributed by atoms with Gasteiger partial charge in [0, 0.05) is 45.2 Å². The number of pyridine rings is 2. The fraction of sp³-hybridized carbons (Fsp3) is 0.0588. The molecule has 1 aliphatic carbocycles. The van der Waals surface area contributed by atoms with Gasteiger partial charge in [-0.25, -0.2) is 4.98 Å². The highest BCUT2D eigenvalue weighted by Gasteiger charge is 2.37. The zero-order chi connectivity index (χ0) is 36.7. The maximum absolute atomic E-state index is 5.27. The summed E-state index contributed by atoms with van der Waals surface area (Å²) in [4.78, 5) is 14.9.